The maximum atomic E-state index is 2.33. The zero-order chi connectivity index (χ0) is 11.8. The van der Waals surface area contributed by atoms with Crippen molar-refractivity contribution < 1.29 is 0 Å². The second-order valence-corrected chi connectivity index (χ2v) is 5.79. The lowest BCUT2D eigenvalue weighted by molar-refractivity contribution is 1.14. The summed E-state index contributed by atoms with van der Waals surface area (Å²) in [6.45, 7) is 4.54. The van der Waals surface area contributed by atoms with E-state index in [1.807, 2.05) is 0 Å². The summed E-state index contributed by atoms with van der Waals surface area (Å²) in [5.74, 6) is 2.33. The lowest BCUT2D eigenvalue weighted by Gasteiger charge is -2.05. The zero-order valence-corrected chi connectivity index (χ0v) is 11.4. The molecular formula is C16H17P. The first-order chi connectivity index (χ1) is 8.31. The van der Waals surface area contributed by atoms with Gasteiger partial charge in [0.1, 0.15) is 0 Å². The van der Waals surface area contributed by atoms with Gasteiger partial charge in [-0.05, 0) is 58.7 Å². The molecule has 1 aliphatic carbocycles. The smallest absolute Gasteiger partial charge is 0.000765 e. The SMILES string of the molecule is CCc1cc[pH]c1C1=C(C)c2ccccc2C1. The van der Waals surface area contributed by atoms with Gasteiger partial charge in [-0.1, -0.05) is 37.3 Å². The van der Waals surface area contributed by atoms with Gasteiger partial charge in [0.2, 0.25) is 0 Å². The molecule has 1 unspecified atom stereocenters. The molecule has 1 atom stereocenters. The van der Waals surface area contributed by atoms with E-state index in [-0.39, 0.29) is 0 Å². The van der Waals surface area contributed by atoms with Crippen molar-refractivity contribution in [2.75, 3.05) is 0 Å². The number of hydrogen-bond donors (Lipinski definition) is 0. The number of hydrogen-bond acceptors (Lipinski definition) is 0. The summed E-state index contributed by atoms with van der Waals surface area (Å²) in [6, 6.07) is 11.1. The number of fused-ring (bicyclic) bond motifs is 1. The van der Waals surface area contributed by atoms with Gasteiger partial charge >= 0.3 is 0 Å². The normalized spacial score (nSPS) is 14.7. The Labute approximate surface area is 104 Å². The Kier molecular flexibility index (Phi) is 2.68. The van der Waals surface area contributed by atoms with Crippen molar-refractivity contribution in [3.05, 3.63) is 58.1 Å². The quantitative estimate of drug-likeness (QED) is 0.709. The monoisotopic (exact) mass is 240 g/mol. The molecule has 1 heterocycles. The minimum absolute atomic E-state index is 0.876. The van der Waals surface area contributed by atoms with Gasteiger partial charge in [-0.2, -0.15) is 0 Å². The van der Waals surface area contributed by atoms with E-state index in [1.165, 1.54) is 16.7 Å². The van der Waals surface area contributed by atoms with Crippen molar-refractivity contribution >= 4 is 19.3 Å². The van der Waals surface area contributed by atoms with Crippen molar-refractivity contribution in [2.45, 2.75) is 26.7 Å². The molecule has 0 bridgehead atoms. The molecule has 2 aromatic rings. The highest BCUT2D eigenvalue weighted by Gasteiger charge is 2.20. The molecule has 17 heavy (non-hydrogen) atoms. The summed E-state index contributed by atoms with van der Waals surface area (Å²) < 4.78 is 0. The molecule has 0 fully saturated rings. The molecule has 1 aliphatic rings. The summed E-state index contributed by atoms with van der Waals surface area (Å²) in [5, 5.41) is 1.61. The maximum Gasteiger partial charge on any atom is -0.000765 e. The third-order valence-electron chi connectivity index (χ3n) is 3.76. The average Bonchev–Trinajstić information content (AvgIpc) is 2.94. The van der Waals surface area contributed by atoms with Crippen LogP contribution in [0.25, 0.3) is 11.1 Å². The molecule has 0 saturated heterocycles. The van der Waals surface area contributed by atoms with Gasteiger partial charge in [-0.15, -0.1) is 8.19 Å². The Morgan fingerprint density at radius 1 is 1.18 bits per heavy atom. The van der Waals surface area contributed by atoms with Crippen LogP contribution in [0.15, 0.2) is 36.1 Å². The van der Waals surface area contributed by atoms with Gasteiger partial charge in [0, 0.05) is 0 Å². The van der Waals surface area contributed by atoms with E-state index < -0.39 is 0 Å². The Morgan fingerprint density at radius 2 is 2.00 bits per heavy atom. The number of benzene rings is 1. The summed E-state index contributed by atoms with van der Waals surface area (Å²) in [5.41, 5.74) is 7.59. The van der Waals surface area contributed by atoms with Crippen LogP contribution in [-0.4, -0.2) is 0 Å². The number of allylic oxidation sites excluding steroid dienone is 2. The maximum absolute atomic E-state index is 2.33. The Bertz CT molecular complexity index is 587. The molecule has 0 saturated carbocycles. The second kappa shape index (κ2) is 4.20. The highest BCUT2D eigenvalue weighted by Crippen LogP contribution is 2.42. The third-order valence-corrected chi connectivity index (χ3v) is 5.00. The molecule has 0 spiro atoms. The van der Waals surface area contributed by atoms with Crippen LogP contribution in [-0.2, 0) is 12.8 Å². The average molecular weight is 240 g/mol. The molecule has 0 nitrogen and oxygen atoms in total. The molecule has 0 radical (unpaired) electrons. The van der Waals surface area contributed by atoms with Gasteiger partial charge in [0.05, 0.1) is 0 Å². The highest BCUT2D eigenvalue weighted by molar-refractivity contribution is 7.31. The van der Waals surface area contributed by atoms with Crippen LogP contribution in [0.2, 0.25) is 0 Å². The molecule has 0 aliphatic heterocycles. The van der Waals surface area contributed by atoms with Gasteiger partial charge in [-0.25, -0.2) is 0 Å². The lowest BCUT2D eigenvalue weighted by atomic mass is 10.0. The van der Waals surface area contributed by atoms with E-state index in [2.05, 4.69) is 50.0 Å². The molecule has 1 aromatic heterocycles. The van der Waals surface area contributed by atoms with Crippen molar-refractivity contribution in [1.29, 1.82) is 0 Å². The van der Waals surface area contributed by atoms with E-state index in [1.54, 1.807) is 16.4 Å². The molecular weight excluding hydrogens is 223 g/mol. The van der Waals surface area contributed by atoms with Gasteiger partial charge < -0.3 is 0 Å². The van der Waals surface area contributed by atoms with Gasteiger partial charge in [0.25, 0.3) is 0 Å². The zero-order valence-electron chi connectivity index (χ0n) is 10.4. The van der Waals surface area contributed by atoms with E-state index in [0.717, 1.165) is 21.0 Å². The van der Waals surface area contributed by atoms with Crippen LogP contribution in [0.4, 0.5) is 0 Å². The van der Waals surface area contributed by atoms with Crippen LogP contribution in [0.3, 0.4) is 0 Å². The van der Waals surface area contributed by atoms with Crippen LogP contribution in [0, 0.1) is 0 Å². The number of rotatable bonds is 2. The van der Waals surface area contributed by atoms with E-state index in [0.29, 0.717) is 0 Å². The van der Waals surface area contributed by atoms with E-state index in [9.17, 15) is 0 Å². The van der Waals surface area contributed by atoms with Crippen molar-refractivity contribution in [3.8, 4) is 0 Å². The molecule has 86 valence electrons. The highest BCUT2D eigenvalue weighted by atomic mass is 31.0. The van der Waals surface area contributed by atoms with Crippen LogP contribution in [0.1, 0.15) is 35.8 Å². The van der Waals surface area contributed by atoms with E-state index >= 15 is 0 Å². The first-order valence-electron chi connectivity index (χ1n) is 6.26. The topological polar surface area (TPSA) is 0 Å². The number of aryl methyl sites for hydroxylation is 1. The Morgan fingerprint density at radius 3 is 2.76 bits per heavy atom. The predicted octanol–water partition coefficient (Wildman–Crippen LogP) is 4.77. The standard InChI is InChI=1S/C16H17P/c1-3-12-8-9-17-16(12)15-10-13-6-4-5-7-14(13)11(15)2/h4-9,17H,3,10H2,1-2H3. The van der Waals surface area contributed by atoms with Crippen LogP contribution < -0.4 is 0 Å². The van der Waals surface area contributed by atoms with Crippen molar-refractivity contribution in [1.82, 2.24) is 0 Å². The fourth-order valence-electron chi connectivity index (χ4n) is 2.78. The fraction of sp³-hybridized carbons (Fsp3) is 0.250. The summed E-state index contributed by atoms with van der Waals surface area (Å²) in [4.78, 5) is 0. The van der Waals surface area contributed by atoms with Crippen LogP contribution >= 0.6 is 8.19 Å². The molecule has 3 rings (SSSR count). The third kappa shape index (κ3) is 1.68. The van der Waals surface area contributed by atoms with Crippen molar-refractivity contribution in [3.63, 3.8) is 0 Å². The second-order valence-electron chi connectivity index (χ2n) is 4.67. The molecule has 0 N–H and O–H groups in total. The summed E-state index contributed by atoms with van der Waals surface area (Å²) in [7, 11) is 0.876. The first kappa shape index (κ1) is 10.9. The first-order valence-corrected chi connectivity index (χ1v) is 7.33. The largest absolute Gasteiger partial charge is 0.132 e. The molecule has 1 heteroatoms. The lowest BCUT2D eigenvalue weighted by Crippen LogP contribution is -1.86. The van der Waals surface area contributed by atoms with Crippen molar-refractivity contribution in [2.24, 2.45) is 0 Å². The minimum atomic E-state index is 0.876. The summed E-state index contributed by atoms with van der Waals surface area (Å²) in [6.07, 6.45) is 2.29. The van der Waals surface area contributed by atoms with Gasteiger partial charge in [0.15, 0.2) is 0 Å². The predicted molar refractivity (Wildman–Crippen MR) is 78.0 cm³/mol. The molecule has 1 aromatic carbocycles. The summed E-state index contributed by atoms with van der Waals surface area (Å²) >= 11 is 0. The fourth-order valence-corrected chi connectivity index (χ4v) is 4.13. The Hall–Kier alpha value is -1.26. The minimum Gasteiger partial charge on any atom is -0.132 e. The van der Waals surface area contributed by atoms with Gasteiger partial charge in [-0.3, -0.25) is 0 Å². The van der Waals surface area contributed by atoms with Crippen LogP contribution in [0.5, 0.6) is 0 Å². The Balaban J connectivity index is 2.11. The molecule has 0 amide bonds. The van der Waals surface area contributed by atoms with E-state index in [4.69, 9.17) is 0 Å².